The average Bonchev–Trinajstić information content (AvgIpc) is 3.33. The van der Waals surface area contributed by atoms with Crippen molar-refractivity contribution in [1.82, 2.24) is 0 Å². The van der Waals surface area contributed by atoms with Crippen LogP contribution in [0.2, 0.25) is 0 Å². The molecule has 1 spiro atoms. The molecule has 0 aromatic heterocycles. The Kier molecular flexibility index (Phi) is 4.68. The predicted molar refractivity (Wildman–Crippen MR) is 99.6 cm³/mol. The number of hydrogen-bond donors (Lipinski definition) is 0. The number of fused-ring (bicyclic) bond motifs is 1. The molecular weight excluding hydrogens is 346 g/mol. The monoisotopic (exact) mass is 371 g/mol. The van der Waals surface area contributed by atoms with Gasteiger partial charge in [0, 0.05) is 5.69 Å². The fourth-order valence-corrected chi connectivity index (χ4v) is 4.37. The second-order valence-electron chi connectivity index (χ2n) is 7.40. The molecule has 6 nitrogen and oxygen atoms in total. The predicted octanol–water partition coefficient (Wildman–Crippen LogP) is 2.72. The highest BCUT2D eigenvalue weighted by atomic mass is 16.6. The Morgan fingerprint density at radius 1 is 1.30 bits per heavy atom. The molecule has 0 saturated carbocycles. The lowest BCUT2D eigenvalue weighted by atomic mass is 9.77. The Bertz CT molecular complexity index is 758. The number of hydrogen-bond acceptors (Lipinski definition) is 5. The number of carbonyl (C=O) groups excluding carboxylic acids is 2. The summed E-state index contributed by atoms with van der Waals surface area (Å²) in [6.45, 7) is 2.91. The van der Waals surface area contributed by atoms with Crippen LogP contribution < -0.4 is 9.64 Å². The third-order valence-electron chi connectivity index (χ3n) is 5.75. The topological polar surface area (TPSA) is 65.1 Å². The van der Waals surface area contributed by atoms with Gasteiger partial charge in [-0.15, -0.1) is 0 Å². The van der Waals surface area contributed by atoms with Crippen LogP contribution in [-0.2, 0) is 19.1 Å². The number of carbonyl (C=O) groups is 2. The molecule has 6 heteroatoms. The molecule has 1 aromatic rings. The lowest BCUT2D eigenvalue weighted by molar-refractivity contribution is -0.152. The minimum Gasteiger partial charge on any atom is -0.497 e. The molecule has 3 heterocycles. The Balaban J connectivity index is 1.52. The number of unbranched alkanes of at least 4 members (excludes halogenated alkanes) is 2. The van der Waals surface area contributed by atoms with Gasteiger partial charge in [0.2, 0.25) is 5.91 Å². The van der Waals surface area contributed by atoms with E-state index in [1.807, 2.05) is 36.4 Å². The molecule has 0 N–H and O–H groups in total. The summed E-state index contributed by atoms with van der Waals surface area (Å²) in [7, 11) is 1.60. The molecular formula is C21H25NO5. The van der Waals surface area contributed by atoms with E-state index in [1.165, 1.54) is 0 Å². The maximum atomic E-state index is 13.2. The minimum absolute atomic E-state index is 0.0810. The highest BCUT2D eigenvalue weighted by molar-refractivity contribution is 6.02. The van der Waals surface area contributed by atoms with Crippen molar-refractivity contribution >= 4 is 17.6 Å². The fraction of sp³-hybridized carbons (Fsp3) is 0.524. The largest absolute Gasteiger partial charge is 0.497 e. The van der Waals surface area contributed by atoms with Crippen molar-refractivity contribution in [3.8, 4) is 5.75 Å². The van der Waals surface area contributed by atoms with E-state index in [4.69, 9.17) is 14.2 Å². The van der Waals surface area contributed by atoms with Crippen molar-refractivity contribution in [2.24, 2.45) is 11.8 Å². The molecule has 4 rings (SSSR count). The van der Waals surface area contributed by atoms with Gasteiger partial charge in [0.15, 0.2) is 0 Å². The molecule has 1 amide bonds. The van der Waals surface area contributed by atoms with Crippen LogP contribution in [0.4, 0.5) is 5.69 Å². The van der Waals surface area contributed by atoms with Gasteiger partial charge in [-0.05, 0) is 30.7 Å². The zero-order valence-electron chi connectivity index (χ0n) is 15.7. The summed E-state index contributed by atoms with van der Waals surface area (Å²) >= 11 is 0. The third-order valence-corrected chi connectivity index (χ3v) is 5.75. The SMILES string of the molecule is CCCCCOC(=O)[C@H]1[C@H]2C(=O)N(c3ccc(OC)cc3)C[C@]23C=C[C@H]1O3. The Morgan fingerprint density at radius 2 is 2.07 bits per heavy atom. The summed E-state index contributed by atoms with van der Waals surface area (Å²) < 4.78 is 16.8. The summed E-state index contributed by atoms with van der Waals surface area (Å²) in [6, 6.07) is 7.34. The maximum Gasteiger partial charge on any atom is 0.312 e. The smallest absolute Gasteiger partial charge is 0.312 e. The van der Waals surface area contributed by atoms with E-state index in [0.29, 0.717) is 13.2 Å². The van der Waals surface area contributed by atoms with Gasteiger partial charge in [-0.1, -0.05) is 31.9 Å². The standard InChI is InChI=1S/C21H25NO5/c1-3-4-5-12-26-20(24)17-16-10-11-21(27-16)13-22(19(23)18(17)21)14-6-8-15(25-2)9-7-14/h6-11,16-18H,3-5,12-13H2,1-2H3/t16-,17-,18+,21-/m1/s1. The average molecular weight is 371 g/mol. The van der Waals surface area contributed by atoms with Gasteiger partial charge in [0.05, 0.1) is 32.3 Å². The lowest BCUT2D eigenvalue weighted by Gasteiger charge is -2.22. The second kappa shape index (κ2) is 7.00. The third kappa shape index (κ3) is 2.92. The zero-order chi connectivity index (χ0) is 19.0. The number of methoxy groups -OCH3 is 1. The van der Waals surface area contributed by atoms with Gasteiger partial charge < -0.3 is 19.1 Å². The number of anilines is 1. The fourth-order valence-electron chi connectivity index (χ4n) is 4.37. The first-order valence-electron chi connectivity index (χ1n) is 9.59. The van der Waals surface area contributed by atoms with Crippen molar-refractivity contribution < 1.29 is 23.8 Å². The molecule has 2 fully saturated rings. The number of amides is 1. The molecule has 3 aliphatic rings. The van der Waals surface area contributed by atoms with E-state index in [-0.39, 0.29) is 18.0 Å². The molecule has 27 heavy (non-hydrogen) atoms. The first-order valence-corrected chi connectivity index (χ1v) is 9.59. The maximum absolute atomic E-state index is 13.2. The van der Waals surface area contributed by atoms with Crippen LogP contribution in [0.15, 0.2) is 36.4 Å². The van der Waals surface area contributed by atoms with E-state index >= 15 is 0 Å². The highest BCUT2D eigenvalue weighted by Crippen LogP contribution is 2.52. The van der Waals surface area contributed by atoms with Gasteiger partial charge in [0.25, 0.3) is 0 Å². The van der Waals surface area contributed by atoms with E-state index in [1.54, 1.807) is 12.0 Å². The Morgan fingerprint density at radius 3 is 2.78 bits per heavy atom. The Labute approximate surface area is 159 Å². The summed E-state index contributed by atoms with van der Waals surface area (Å²) in [6.07, 6.45) is 6.42. The van der Waals surface area contributed by atoms with Crippen LogP contribution in [0.1, 0.15) is 26.2 Å². The number of ether oxygens (including phenoxy) is 3. The van der Waals surface area contributed by atoms with E-state index < -0.39 is 17.4 Å². The Hall–Kier alpha value is -2.34. The number of benzene rings is 1. The van der Waals surface area contributed by atoms with Gasteiger partial charge in [-0.2, -0.15) is 0 Å². The summed E-state index contributed by atoms with van der Waals surface area (Å²) in [4.78, 5) is 27.6. The summed E-state index contributed by atoms with van der Waals surface area (Å²) in [5.41, 5.74) is 0.0505. The van der Waals surface area contributed by atoms with Gasteiger partial charge in [0.1, 0.15) is 17.3 Å². The van der Waals surface area contributed by atoms with Crippen LogP contribution >= 0.6 is 0 Å². The van der Waals surface area contributed by atoms with Gasteiger partial charge in [-0.3, -0.25) is 9.59 Å². The van der Waals surface area contributed by atoms with Crippen molar-refractivity contribution in [2.45, 2.75) is 37.9 Å². The zero-order valence-corrected chi connectivity index (χ0v) is 15.7. The highest BCUT2D eigenvalue weighted by Gasteiger charge is 2.67. The first kappa shape index (κ1) is 18.0. The molecule has 2 saturated heterocycles. The van der Waals surface area contributed by atoms with Gasteiger partial charge >= 0.3 is 5.97 Å². The van der Waals surface area contributed by atoms with Crippen LogP contribution in [0.3, 0.4) is 0 Å². The summed E-state index contributed by atoms with van der Waals surface area (Å²) in [5.74, 6) is -0.755. The van der Waals surface area contributed by atoms with Crippen LogP contribution in [0.25, 0.3) is 0 Å². The van der Waals surface area contributed by atoms with Crippen molar-refractivity contribution in [3.05, 3.63) is 36.4 Å². The van der Waals surface area contributed by atoms with Crippen LogP contribution in [-0.4, -0.2) is 43.8 Å². The number of esters is 1. The molecule has 144 valence electrons. The first-order chi connectivity index (χ1) is 13.1. The number of nitrogens with zero attached hydrogens (tertiary/aromatic N) is 1. The van der Waals surface area contributed by atoms with Crippen molar-refractivity contribution in [2.75, 3.05) is 25.2 Å². The van der Waals surface area contributed by atoms with E-state index in [9.17, 15) is 9.59 Å². The number of rotatable bonds is 7. The van der Waals surface area contributed by atoms with Crippen LogP contribution in [0, 0.1) is 11.8 Å². The van der Waals surface area contributed by atoms with Gasteiger partial charge in [-0.25, -0.2) is 0 Å². The lowest BCUT2D eigenvalue weighted by Crippen LogP contribution is -2.40. The van der Waals surface area contributed by atoms with Crippen molar-refractivity contribution in [3.63, 3.8) is 0 Å². The van der Waals surface area contributed by atoms with Crippen LogP contribution in [0.5, 0.6) is 5.75 Å². The molecule has 0 aliphatic carbocycles. The molecule has 1 aromatic carbocycles. The minimum atomic E-state index is -0.727. The second-order valence-corrected chi connectivity index (χ2v) is 7.40. The van der Waals surface area contributed by atoms with Crippen molar-refractivity contribution in [1.29, 1.82) is 0 Å². The normalized spacial score (nSPS) is 30.7. The molecule has 0 unspecified atom stereocenters. The molecule has 4 atom stereocenters. The quantitative estimate of drug-likeness (QED) is 0.419. The molecule has 3 aliphatic heterocycles. The summed E-state index contributed by atoms with van der Waals surface area (Å²) in [5, 5.41) is 0. The molecule has 2 bridgehead atoms. The van der Waals surface area contributed by atoms with E-state index in [0.717, 1.165) is 30.7 Å². The molecule has 0 radical (unpaired) electrons. The van der Waals surface area contributed by atoms with E-state index in [2.05, 4.69) is 6.92 Å².